The number of carbonyl (C=O) groups excluding carboxylic acids is 1. The number of halogens is 1. The van der Waals surface area contributed by atoms with Gasteiger partial charge in [0.2, 0.25) is 5.91 Å². The molecule has 0 atom stereocenters. The van der Waals surface area contributed by atoms with E-state index >= 15 is 0 Å². The van der Waals surface area contributed by atoms with Gasteiger partial charge in [0.15, 0.2) is 5.84 Å². The molecule has 0 radical (unpaired) electrons. The Morgan fingerprint density at radius 1 is 1.30 bits per heavy atom. The topological polar surface area (TPSA) is 87.7 Å². The van der Waals surface area contributed by atoms with Crippen LogP contribution in [0.15, 0.2) is 29.4 Å². The summed E-state index contributed by atoms with van der Waals surface area (Å²) in [6.45, 7) is 0. The van der Waals surface area contributed by atoms with Gasteiger partial charge in [0, 0.05) is 0 Å². The Morgan fingerprint density at radius 3 is 2.55 bits per heavy atom. The van der Waals surface area contributed by atoms with Gasteiger partial charge in [-0.05, 0) is 25.0 Å². The van der Waals surface area contributed by atoms with Crippen LogP contribution in [0.25, 0.3) is 0 Å². The molecule has 1 aromatic rings. The maximum atomic E-state index is 12.6. The maximum absolute atomic E-state index is 12.6. The Kier molecular flexibility index (Phi) is 4.49. The number of benzene rings is 1. The highest BCUT2D eigenvalue weighted by molar-refractivity contribution is 6.33. The minimum atomic E-state index is -0.938. The SMILES string of the molecule is NC(=NO)C1(C(=O)Nc2ccccc2Cl)CCCCC1. The molecule has 0 unspecified atom stereocenters. The van der Waals surface area contributed by atoms with Gasteiger partial charge in [0.25, 0.3) is 0 Å². The summed E-state index contributed by atoms with van der Waals surface area (Å²) in [5.74, 6) is -0.289. The van der Waals surface area contributed by atoms with Crippen molar-refractivity contribution in [1.82, 2.24) is 0 Å². The normalized spacial score (nSPS) is 18.6. The minimum Gasteiger partial charge on any atom is -0.409 e. The highest BCUT2D eigenvalue weighted by atomic mass is 35.5. The smallest absolute Gasteiger partial charge is 0.238 e. The quantitative estimate of drug-likeness (QED) is 0.347. The number of nitrogens with two attached hydrogens (primary N) is 1. The van der Waals surface area contributed by atoms with Gasteiger partial charge < -0.3 is 16.3 Å². The lowest BCUT2D eigenvalue weighted by molar-refractivity contribution is -0.123. The second-order valence-electron chi connectivity index (χ2n) is 5.06. The van der Waals surface area contributed by atoms with Crippen LogP contribution in [0.4, 0.5) is 5.69 Å². The first kappa shape index (κ1) is 14.7. The van der Waals surface area contributed by atoms with E-state index in [2.05, 4.69) is 10.5 Å². The summed E-state index contributed by atoms with van der Waals surface area (Å²) in [6.07, 6.45) is 3.98. The number of hydrogen-bond donors (Lipinski definition) is 3. The molecule has 0 bridgehead atoms. The van der Waals surface area contributed by atoms with Crippen molar-refractivity contribution in [2.75, 3.05) is 5.32 Å². The van der Waals surface area contributed by atoms with Crippen molar-refractivity contribution < 1.29 is 10.0 Å². The molecule has 0 saturated heterocycles. The number of rotatable bonds is 3. The molecule has 2 rings (SSSR count). The Bertz CT molecular complexity index is 525. The molecule has 5 nitrogen and oxygen atoms in total. The van der Waals surface area contributed by atoms with Crippen LogP contribution in [0, 0.1) is 5.41 Å². The van der Waals surface area contributed by atoms with Crippen LogP contribution in [0.5, 0.6) is 0 Å². The fraction of sp³-hybridized carbons (Fsp3) is 0.429. The molecule has 1 fully saturated rings. The van der Waals surface area contributed by atoms with Gasteiger partial charge in [-0.1, -0.05) is 48.2 Å². The predicted molar refractivity (Wildman–Crippen MR) is 79.0 cm³/mol. The van der Waals surface area contributed by atoms with E-state index in [9.17, 15) is 4.79 Å². The minimum absolute atomic E-state index is 0.0262. The third-order valence-corrected chi connectivity index (χ3v) is 4.19. The van der Waals surface area contributed by atoms with Gasteiger partial charge in [0.05, 0.1) is 10.7 Å². The Hall–Kier alpha value is -1.75. The van der Waals surface area contributed by atoms with Gasteiger partial charge in [-0.15, -0.1) is 0 Å². The molecule has 0 aromatic heterocycles. The van der Waals surface area contributed by atoms with Gasteiger partial charge in [-0.25, -0.2) is 0 Å². The first-order valence-electron chi connectivity index (χ1n) is 6.64. The van der Waals surface area contributed by atoms with Crippen molar-refractivity contribution in [2.24, 2.45) is 16.3 Å². The number of oxime groups is 1. The van der Waals surface area contributed by atoms with Crippen LogP contribution in [0.2, 0.25) is 5.02 Å². The largest absolute Gasteiger partial charge is 0.409 e. The van der Waals surface area contributed by atoms with Crippen LogP contribution in [-0.2, 0) is 4.79 Å². The number of para-hydroxylation sites is 1. The van der Waals surface area contributed by atoms with Crippen molar-refractivity contribution >= 4 is 29.0 Å². The van der Waals surface area contributed by atoms with Crippen molar-refractivity contribution in [3.8, 4) is 0 Å². The summed E-state index contributed by atoms with van der Waals surface area (Å²) in [6, 6.07) is 7.01. The molecule has 1 aliphatic carbocycles. The molecular formula is C14H18ClN3O2. The number of amides is 1. The molecule has 1 amide bonds. The van der Waals surface area contributed by atoms with Crippen LogP contribution in [0.1, 0.15) is 32.1 Å². The number of amidine groups is 1. The molecule has 6 heteroatoms. The summed E-state index contributed by atoms with van der Waals surface area (Å²) in [7, 11) is 0. The number of nitrogens with zero attached hydrogens (tertiary/aromatic N) is 1. The summed E-state index contributed by atoms with van der Waals surface area (Å²) < 4.78 is 0. The monoisotopic (exact) mass is 295 g/mol. The number of anilines is 1. The summed E-state index contributed by atoms with van der Waals surface area (Å²) in [5, 5.41) is 15.3. The highest BCUT2D eigenvalue weighted by Crippen LogP contribution is 2.38. The highest BCUT2D eigenvalue weighted by Gasteiger charge is 2.44. The van der Waals surface area contributed by atoms with Crippen LogP contribution >= 0.6 is 11.6 Å². The van der Waals surface area contributed by atoms with E-state index in [1.54, 1.807) is 24.3 Å². The second-order valence-corrected chi connectivity index (χ2v) is 5.47. The fourth-order valence-electron chi connectivity index (χ4n) is 2.66. The molecule has 1 aliphatic rings. The molecule has 1 saturated carbocycles. The molecule has 0 heterocycles. The van der Waals surface area contributed by atoms with Crippen LogP contribution in [-0.4, -0.2) is 17.0 Å². The molecule has 0 spiro atoms. The second kappa shape index (κ2) is 6.13. The Labute approximate surface area is 122 Å². The zero-order chi connectivity index (χ0) is 14.6. The van der Waals surface area contributed by atoms with Gasteiger partial charge in [0.1, 0.15) is 5.41 Å². The van der Waals surface area contributed by atoms with Crippen molar-refractivity contribution in [2.45, 2.75) is 32.1 Å². The van der Waals surface area contributed by atoms with Gasteiger partial charge >= 0.3 is 0 Å². The van der Waals surface area contributed by atoms with Gasteiger partial charge in [-0.2, -0.15) is 0 Å². The zero-order valence-electron chi connectivity index (χ0n) is 11.1. The molecule has 0 aliphatic heterocycles. The predicted octanol–water partition coefficient (Wildman–Crippen LogP) is 2.98. The molecule has 20 heavy (non-hydrogen) atoms. The Morgan fingerprint density at radius 2 is 1.95 bits per heavy atom. The molecule has 4 N–H and O–H groups in total. The van der Waals surface area contributed by atoms with Crippen LogP contribution < -0.4 is 11.1 Å². The average molecular weight is 296 g/mol. The lowest BCUT2D eigenvalue weighted by Gasteiger charge is -2.34. The number of nitrogens with one attached hydrogen (secondary N) is 1. The molecule has 1 aromatic carbocycles. The standard InChI is InChI=1S/C14H18ClN3O2/c15-10-6-2-3-7-11(10)17-13(19)14(12(16)18-20)8-4-1-5-9-14/h2-3,6-7,20H,1,4-5,8-9H2,(H2,16,18)(H,17,19). The first-order chi connectivity index (χ1) is 9.60. The molecular weight excluding hydrogens is 278 g/mol. The molecule has 108 valence electrons. The summed E-state index contributed by atoms with van der Waals surface area (Å²) in [5.41, 5.74) is 5.38. The lowest BCUT2D eigenvalue weighted by Crippen LogP contribution is -2.48. The average Bonchev–Trinajstić information content (AvgIpc) is 2.49. The van der Waals surface area contributed by atoms with E-state index in [1.807, 2.05) is 0 Å². The fourth-order valence-corrected chi connectivity index (χ4v) is 2.84. The van der Waals surface area contributed by atoms with Crippen molar-refractivity contribution in [1.29, 1.82) is 0 Å². The van der Waals surface area contributed by atoms with Crippen molar-refractivity contribution in [3.63, 3.8) is 0 Å². The lowest BCUT2D eigenvalue weighted by atomic mass is 9.72. The third kappa shape index (κ3) is 2.72. The third-order valence-electron chi connectivity index (χ3n) is 3.86. The van der Waals surface area contributed by atoms with Crippen molar-refractivity contribution in [3.05, 3.63) is 29.3 Å². The van der Waals surface area contributed by atoms with E-state index in [-0.39, 0.29) is 11.7 Å². The van der Waals surface area contributed by atoms with E-state index in [0.29, 0.717) is 23.6 Å². The van der Waals surface area contributed by atoms with E-state index in [1.165, 1.54) is 0 Å². The van der Waals surface area contributed by atoms with E-state index in [0.717, 1.165) is 19.3 Å². The maximum Gasteiger partial charge on any atom is 0.238 e. The summed E-state index contributed by atoms with van der Waals surface area (Å²) in [4.78, 5) is 12.6. The summed E-state index contributed by atoms with van der Waals surface area (Å²) >= 11 is 6.04. The zero-order valence-corrected chi connectivity index (χ0v) is 11.9. The van der Waals surface area contributed by atoms with Crippen LogP contribution in [0.3, 0.4) is 0 Å². The van der Waals surface area contributed by atoms with E-state index in [4.69, 9.17) is 22.5 Å². The number of hydrogen-bond acceptors (Lipinski definition) is 3. The van der Waals surface area contributed by atoms with Gasteiger partial charge in [-0.3, -0.25) is 4.79 Å². The van der Waals surface area contributed by atoms with E-state index < -0.39 is 5.41 Å². The number of carbonyl (C=O) groups is 1. The first-order valence-corrected chi connectivity index (χ1v) is 7.02. The Balaban J connectivity index is 2.26.